The molecule has 0 aromatic heterocycles. The quantitative estimate of drug-likeness (QED) is 0.769. The Bertz CT molecular complexity index is 484. The molecule has 1 atom stereocenters. The molecule has 0 aliphatic carbocycles. The minimum absolute atomic E-state index is 0.353. The molecule has 0 N–H and O–H groups in total. The fraction of sp³-hybridized carbons (Fsp3) is 0.286. The molecule has 82 valence electrons. The van der Waals surface area contributed by atoms with E-state index in [1.165, 1.54) is 28.5 Å². The maximum absolute atomic E-state index is 5.67. The second-order valence-electron chi connectivity index (χ2n) is 4.04. The van der Waals surface area contributed by atoms with Crippen LogP contribution < -0.4 is 0 Å². The molecule has 1 unspecified atom stereocenters. The summed E-state index contributed by atoms with van der Waals surface area (Å²) >= 11 is 1.86. The molecule has 16 heavy (non-hydrogen) atoms. The topological polar surface area (TPSA) is 9.23 Å². The van der Waals surface area contributed by atoms with Crippen LogP contribution in [0.5, 0.6) is 0 Å². The summed E-state index contributed by atoms with van der Waals surface area (Å²) in [5, 5.41) is 2.65. The van der Waals surface area contributed by atoms with Crippen molar-refractivity contribution in [2.75, 3.05) is 6.61 Å². The highest BCUT2D eigenvalue weighted by Gasteiger charge is 2.17. The van der Waals surface area contributed by atoms with Crippen molar-refractivity contribution in [2.45, 2.75) is 23.2 Å². The molecule has 2 aromatic carbocycles. The molecular weight excluding hydrogens is 216 g/mol. The van der Waals surface area contributed by atoms with Gasteiger partial charge in [0.15, 0.2) is 0 Å². The average Bonchev–Trinajstić information content (AvgIpc) is 2.82. The lowest BCUT2D eigenvalue weighted by Crippen LogP contribution is -1.97. The summed E-state index contributed by atoms with van der Waals surface area (Å²) in [6, 6.07) is 15.0. The van der Waals surface area contributed by atoms with Gasteiger partial charge < -0.3 is 4.74 Å². The van der Waals surface area contributed by atoms with Crippen molar-refractivity contribution < 1.29 is 4.74 Å². The third-order valence-corrected chi connectivity index (χ3v) is 4.14. The summed E-state index contributed by atoms with van der Waals surface area (Å²) in [6.07, 6.45) is 2.37. The van der Waals surface area contributed by atoms with Gasteiger partial charge in [0.25, 0.3) is 0 Å². The first-order valence-electron chi connectivity index (χ1n) is 5.69. The molecular formula is C14H14OS. The molecule has 3 rings (SSSR count). The van der Waals surface area contributed by atoms with Crippen LogP contribution in [0.2, 0.25) is 0 Å². The van der Waals surface area contributed by atoms with Crippen LogP contribution >= 0.6 is 11.8 Å². The van der Waals surface area contributed by atoms with Crippen molar-refractivity contribution in [3.05, 3.63) is 42.5 Å². The van der Waals surface area contributed by atoms with Crippen molar-refractivity contribution >= 4 is 22.5 Å². The first-order chi connectivity index (χ1) is 7.93. The van der Waals surface area contributed by atoms with Crippen LogP contribution in [0.25, 0.3) is 10.8 Å². The largest absolute Gasteiger partial charge is 0.367 e. The van der Waals surface area contributed by atoms with Gasteiger partial charge in [-0.3, -0.25) is 0 Å². The van der Waals surface area contributed by atoms with Crippen LogP contribution in [0, 0.1) is 0 Å². The lowest BCUT2D eigenvalue weighted by atomic mass is 10.1. The highest BCUT2D eigenvalue weighted by molar-refractivity contribution is 8.00. The van der Waals surface area contributed by atoms with Crippen LogP contribution in [-0.2, 0) is 4.74 Å². The lowest BCUT2D eigenvalue weighted by molar-refractivity contribution is 0.173. The molecule has 0 bridgehead atoms. The van der Waals surface area contributed by atoms with Crippen LogP contribution in [0.4, 0.5) is 0 Å². The molecule has 0 amide bonds. The van der Waals surface area contributed by atoms with Gasteiger partial charge in [-0.1, -0.05) is 48.2 Å². The van der Waals surface area contributed by atoms with E-state index in [9.17, 15) is 0 Å². The zero-order valence-electron chi connectivity index (χ0n) is 9.06. The molecule has 2 aromatic rings. The fourth-order valence-electron chi connectivity index (χ4n) is 2.08. The zero-order valence-corrected chi connectivity index (χ0v) is 9.87. The van der Waals surface area contributed by atoms with E-state index in [0.29, 0.717) is 5.44 Å². The Kier molecular flexibility index (Phi) is 2.85. The number of rotatable bonds is 2. The number of fused-ring (bicyclic) bond motifs is 1. The zero-order chi connectivity index (χ0) is 10.8. The van der Waals surface area contributed by atoms with Crippen molar-refractivity contribution in [3.63, 3.8) is 0 Å². The van der Waals surface area contributed by atoms with Crippen LogP contribution in [0.3, 0.4) is 0 Å². The van der Waals surface area contributed by atoms with E-state index in [4.69, 9.17) is 4.74 Å². The third kappa shape index (κ3) is 1.95. The molecule has 1 saturated heterocycles. The molecule has 1 fully saturated rings. The van der Waals surface area contributed by atoms with Gasteiger partial charge in [-0.05, 0) is 29.7 Å². The first-order valence-corrected chi connectivity index (χ1v) is 6.57. The molecule has 0 radical (unpaired) electrons. The van der Waals surface area contributed by atoms with E-state index in [1.54, 1.807) is 0 Å². The maximum Gasteiger partial charge on any atom is 0.107 e. The lowest BCUT2D eigenvalue weighted by Gasteiger charge is -2.11. The standard InChI is InChI=1S/C14H14OS/c1-2-7-12-11(5-1)6-3-8-13(12)16-14-9-4-10-15-14/h1-3,5-8,14H,4,9-10H2. The smallest absolute Gasteiger partial charge is 0.107 e. The second kappa shape index (κ2) is 4.48. The normalized spacial score (nSPS) is 20.4. The van der Waals surface area contributed by atoms with E-state index in [0.717, 1.165) is 6.61 Å². The molecule has 1 heterocycles. The van der Waals surface area contributed by atoms with Gasteiger partial charge >= 0.3 is 0 Å². The summed E-state index contributed by atoms with van der Waals surface area (Å²) < 4.78 is 5.67. The third-order valence-electron chi connectivity index (χ3n) is 2.90. The maximum atomic E-state index is 5.67. The van der Waals surface area contributed by atoms with Crippen LogP contribution in [0.1, 0.15) is 12.8 Å². The Morgan fingerprint density at radius 2 is 1.94 bits per heavy atom. The Labute approximate surface area is 99.8 Å². The summed E-state index contributed by atoms with van der Waals surface area (Å²) in [6.45, 7) is 0.919. The Hall–Kier alpha value is -0.990. The van der Waals surface area contributed by atoms with E-state index in [2.05, 4.69) is 42.5 Å². The second-order valence-corrected chi connectivity index (χ2v) is 5.24. The summed E-state index contributed by atoms with van der Waals surface area (Å²) in [5.41, 5.74) is 0.353. The highest BCUT2D eigenvalue weighted by atomic mass is 32.2. The van der Waals surface area contributed by atoms with Crippen LogP contribution in [0.15, 0.2) is 47.4 Å². The van der Waals surface area contributed by atoms with Crippen LogP contribution in [-0.4, -0.2) is 12.0 Å². The summed E-state index contributed by atoms with van der Waals surface area (Å²) in [4.78, 5) is 1.34. The first kappa shape index (κ1) is 10.2. The van der Waals surface area contributed by atoms with Crippen molar-refractivity contribution in [3.8, 4) is 0 Å². The minimum atomic E-state index is 0.353. The van der Waals surface area contributed by atoms with E-state index < -0.39 is 0 Å². The van der Waals surface area contributed by atoms with Crippen molar-refractivity contribution in [2.24, 2.45) is 0 Å². The highest BCUT2D eigenvalue weighted by Crippen LogP contribution is 2.34. The van der Waals surface area contributed by atoms with E-state index in [-0.39, 0.29) is 0 Å². The predicted octanol–water partition coefficient (Wildman–Crippen LogP) is 4.07. The molecule has 2 heteroatoms. The van der Waals surface area contributed by atoms with Gasteiger partial charge in [0.2, 0.25) is 0 Å². The monoisotopic (exact) mass is 230 g/mol. The Balaban J connectivity index is 1.96. The predicted molar refractivity (Wildman–Crippen MR) is 68.8 cm³/mol. The minimum Gasteiger partial charge on any atom is -0.367 e. The fourth-order valence-corrected chi connectivity index (χ4v) is 3.28. The number of hydrogen-bond acceptors (Lipinski definition) is 2. The number of thioether (sulfide) groups is 1. The van der Waals surface area contributed by atoms with Gasteiger partial charge in [-0.15, -0.1) is 0 Å². The van der Waals surface area contributed by atoms with Crippen molar-refractivity contribution in [1.29, 1.82) is 0 Å². The van der Waals surface area contributed by atoms with E-state index in [1.807, 2.05) is 11.8 Å². The number of ether oxygens (including phenoxy) is 1. The molecule has 0 saturated carbocycles. The van der Waals surface area contributed by atoms with E-state index >= 15 is 0 Å². The van der Waals surface area contributed by atoms with Gasteiger partial charge in [0, 0.05) is 11.5 Å². The van der Waals surface area contributed by atoms with Crippen molar-refractivity contribution in [1.82, 2.24) is 0 Å². The molecule has 1 aliphatic rings. The Morgan fingerprint density at radius 3 is 2.81 bits per heavy atom. The number of benzene rings is 2. The summed E-state index contributed by atoms with van der Waals surface area (Å²) in [5.74, 6) is 0. The van der Waals surface area contributed by atoms with Gasteiger partial charge in [-0.25, -0.2) is 0 Å². The summed E-state index contributed by atoms with van der Waals surface area (Å²) in [7, 11) is 0. The Morgan fingerprint density at radius 1 is 1.06 bits per heavy atom. The van der Waals surface area contributed by atoms with Gasteiger partial charge in [0.05, 0.1) is 0 Å². The van der Waals surface area contributed by atoms with Gasteiger partial charge in [-0.2, -0.15) is 0 Å². The average molecular weight is 230 g/mol. The molecule has 1 nitrogen and oxygen atoms in total. The number of hydrogen-bond donors (Lipinski definition) is 0. The van der Waals surface area contributed by atoms with Gasteiger partial charge in [0.1, 0.15) is 5.44 Å². The molecule has 1 aliphatic heterocycles. The molecule has 0 spiro atoms. The SMILES string of the molecule is c1ccc2c(SC3CCCO3)cccc2c1.